The van der Waals surface area contributed by atoms with Gasteiger partial charge in [-0.1, -0.05) is 51.3 Å². The van der Waals surface area contributed by atoms with Crippen LogP contribution in [0.1, 0.15) is 29.7 Å². The summed E-state index contributed by atoms with van der Waals surface area (Å²) in [5.74, 6) is 0.810. The van der Waals surface area contributed by atoms with Crippen LogP contribution >= 0.6 is 27.5 Å². The molecule has 4 heteroatoms. The van der Waals surface area contributed by atoms with Gasteiger partial charge >= 0.3 is 0 Å². The monoisotopic (exact) mass is 353 g/mol. The van der Waals surface area contributed by atoms with Crippen molar-refractivity contribution in [3.05, 3.63) is 62.6 Å². The van der Waals surface area contributed by atoms with Crippen LogP contribution in [-0.4, -0.2) is 0 Å². The molecule has 2 nitrogen and oxygen atoms in total. The van der Waals surface area contributed by atoms with E-state index in [4.69, 9.17) is 22.1 Å². The van der Waals surface area contributed by atoms with Gasteiger partial charge in [0.05, 0.1) is 0 Å². The molecule has 0 aliphatic heterocycles. The van der Waals surface area contributed by atoms with E-state index >= 15 is 0 Å². The minimum atomic E-state index is -0.0645. The highest BCUT2D eigenvalue weighted by Crippen LogP contribution is 2.27. The summed E-state index contributed by atoms with van der Waals surface area (Å²) in [5, 5.41) is 0.689. The first-order valence-corrected chi connectivity index (χ1v) is 7.57. The summed E-state index contributed by atoms with van der Waals surface area (Å²) in [7, 11) is 0. The van der Waals surface area contributed by atoms with E-state index in [9.17, 15) is 0 Å². The summed E-state index contributed by atoms with van der Waals surface area (Å²) >= 11 is 9.58. The van der Waals surface area contributed by atoms with Crippen molar-refractivity contribution in [1.29, 1.82) is 0 Å². The smallest absolute Gasteiger partial charge is 0.124 e. The van der Waals surface area contributed by atoms with Crippen LogP contribution in [0, 0.1) is 6.92 Å². The van der Waals surface area contributed by atoms with Crippen molar-refractivity contribution in [2.45, 2.75) is 26.5 Å². The highest BCUT2D eigenvalue weighted by Gasteiger charge is 2.09. The summed E-state index contributed by atoms with van der Waals surface area (Å²) in [4.78, 5) is 0. The predicted octanol–water partition coefficient (Wildman–Crippen LogP) is 5.01. The SMILES string of the molecule is Cc1ccc(OCc2ccc(Br)cc2Cl)c([C@@H](C)N)c1. The number of aryl methyl sites for hydroxylation is 1. The van der Waals surface area contributed by atoms with Gasteiger partial charge in [0.15, 0.2) is 0 Å². The van der Waals surface area contributed by atoms with E-state index in [1.165, 1.54) is 5.56 Å². The minimum absolute atomic E-state index is 0.0645. The van der Waals surface area contributed by atoms with Crippen molar-refractivity contribution in [3.63, 3.8) is 0 Å². The zero-order valence-corrected chi connectivity index (χ0v) is 13.8. The molecule has 0 aliphatic carbocycles. The van der Waals surface area contributed by atoms with Crippen molar-refractivity contribution in [1.82, 2.24) is 0 Å². The molecule has 0 spiro atoms. The van der Waals surface area contributed by atoms with E-state index in [1.807, 2.05) is 44.2 Å². The van der Waals surface area contributed by atoms with E-state index in [-0.39, 0.29) is 6.04 Å². The summed E-state index contributed by atoms with van der Waals surface area (Å²) in [5.41, 5.74) is 9.12. The maximum atomic E-state index is 6.19. The molecule has 1 atom stereocenters. The predicted molar refractivity (Wildman–Crippen MR) is 87.3 cm³/mol. The van der Waals surface area contributed by atoms with Crippen LogP contribution in [0.25, 0.3) is 0 Å². The molecule has 2 rings (SSSR count). The van der Waals surface area contributed by atoms with Crippen molar-refractivity contribution in [2.75, 3.05) is 0 Å². The fraction of sp³-hybridized carbons (Fsp3) is 0.250. The van der Waals surface area contributed by atoms with Crippen molar-refractivity contribution in [3.8, 4) is 5.75 Å². The number of rotatable bonds is 4. The van der Waals surface area contributed by atoms with Crippen LogP contribution in [0.5, 0.6) is 5.75 Å². The largest absolute Gasteiger partial charge is 0.489 e. The molecule has 0 aliphatic rings. The first kappa shape index (κ1) is 15.4. The Morgan fingerprint density at radius 3 is 2.65 bits per heavy atom. The van der Waals surface area contributed by atoms with Crippen molar-refractivity contribution >= 4 is 27.5 Å². The molecule has 20 heavy (non-hydrogen) atoms. The normalized spacial score (nSPS) is 12.2. The number of hydrogen-bond acceptors (Lipinski definition) is 2. The van der Waals surface area contributed by atoms with Gasteiger partial charge in [-0.3, -0.25) is 0 Å². The van der Waals surface area contributed by atoms with Gasteiger partial charge < -0.3 is 10.5 Å². The van der Waals surface area contributed by atoms with Crippen LogP contribution < -0.4 is 10.5 Å². The Morgan fingerprint density at radius 1 is 1.25 bits per heavy atom. The zero-order valence-electron chi connectivity index (χ0n) is 11.5. The van der Waals surface area contributed by atoms with E-state index in [0.29, 0.717) is 11.6 Å². The Hall–Kier alpha value is -1.03. The lowest BCUT2D eigenvalue weighted by atomic mass is 10.1. The Kier molecular flexibility index (Phi) is 5.08. The highest BCUT2D eigenvalue weighted by atomic mass is 79.9. The lowest BCUT2D eigenvalue weighted by Crippen LogP contribution is -2.08. The van der Waals surface area contributed by atoms with E-state index in [2.05, 4.69) is 22.0 Å². The van der Waals surface area contributed by atoms with Gasteiger partial charge in [0.25, 0.3) is 0 Å². The molecule has 2 aromatic rings. The molecular formula is C16H17BrClNO. The van der Waals surface area contributed by atoms with Crippen LogP contribution in [0.15, 0.2) is 40.9 Å². The molecule has 106 valence electrons. The van der Waals surface area contributed by atoms with E-state index in [1.54, 1.807) is 0 Å². The summed E-state index contributed by atoms with van der Waals surface area (Å²) in [6.45, 7) is 4.42. The van der Waals surface area contributed by atoms with Gasteiger partial charge in [0.1, 0.15) is 12.4 Å². The Morgan fingerprint density at radius 2 is 2.00 bits per heavy atom. The summed E-state index contributed by atoms with van der Waals surface area (Å²) in [6.07, 6.45) is 0. The van der Waals surface area contributed by atoms with Crippen LogP contribution in [0.4, 0.5) is 0 Å². The summed E-state index contributed by atoms with van der Waals surface area (Å²) < 4.78 is 6.84. The maximum Gasteiger partial charge on any atom is 0.124 e. The Balaban J connectivity index is 2.18. The number of hydrogen-bond donors (Lipinski definition) is 1. The molecule has 0 fully saturated rings. The third-order valence-corrected chi connectivity index (χ3v) is 3.90. The number of ether oxygens (including phenoxy) is 1. The molecule has 0 saturated carbocycles. The third kappa shape index (κ3) is 3.75. The molecule has 0 aromatic heterocycles. The maximum absolute atomic E-state index is 6.19. The first-order valence-electron chi connectivity index (χ1n) is 6.40. The van der Waals surface area contributed by atoms with Crippen molar-refractivity contribution in [2.24, 2.45) is 5.73 Å². The molecule has 0 unspecified atom stereocenters. The van der Waals surface area contributed by atoms with Crippen molar-refractivity contribution < 1.29 is 4.74 Å². The average molecular weight is 355 g/mol. The van der Waals surface area contributed by atoms with Gasteiger partial charge in [-0.05, 0) is 32.0 Å². The first-order chi connectivity index (χ1) is 9.47. The van der Waals surface area contributed by atoms with Gasteiger partial charge in [-0.15, -0.1) is 0 Å². The van der Waals surface area contributed by atoms with Gasteiger partial charge in [0, 0.05) is 26.7 Å². The second-order valence-electron chi connectivity index (χ2n) is 4.85. The second kappa shape index (κ2) is 6.61. The molecule has 0 heterocycles. The van der Waals surface area contributed by atoms with Gasteiger partial charge in [-0.2, -0.15) is 0 Å². The van der Waals surface area contributed by atoms with E-state index in [0.717, 1.165) is 21.3 Å². The lowest BCUT2D eigenvalue weighted by Gasteiger charge is -2.15. The molecule has 0 amide bonds. The molecule has 0 saturated heterocycles. The Labute approximate surface area is 133 Å². The van der Waals surface area contributed by atoms with E-state index < -0.39 is 0 Å². The highest BCUT2D eigenvalue weighted by molar-refractivity contribution is 9.10. The number of nitrogens with two attached hydrogens (primary N) is 1. The molecule has 2 N–H and O–H groups in total. The second-order valence-corrected chi connectivity index (χ2v) is 6.18. The lowest BCUT2D eigenvalue weighted by molar-refractivity contribution is 0.301. The van der Waals surface area contributed by atoms with Gasteiger partial charge in [-0.25, -0.2) is 0 Å². The van der Waals surface area contributed by atoms with Crippen LogP contribution in [-0.2, 0) is 6.61 Å². The summed E-state index contributed by atoms with van der Waals surface area (Å²) in [6, 6.07) is 11.7. The fourth-order valence-electron chi connectivity index (χ4n) is 1.95. The zero-order chi connectivity index (χ0) is 14.7. The standard InChI is InChI=1S/C16H17BrClNO/c1-10-3-6-16(14(7-10)11(2)19)20-9-12-4-5-13(17)8-15(12)18/h3-8,11H,9,19H2,1-2H3/t11-/m1/s1. The number of halogens is 2. The van der Waals surface area contributed by atoms with Gasteiger partial charge in [0.2, 0.25) is 0 Å². The quantitative estimate of drug-likeness (QED) is 0.837. The topological polar surface area (TPSA) is 35.2 Å². The molecule has 0 radical (unpaired) electrons. The van der Waals surface area contributed by atoms with Crippen LogP contribution in [0.2, 0.25) is 5.02 Å². The molecule has 2 aromatic carbocycles. The average Bonchev–Trinajstić information content (AvgIpc) is 2.38. The fourth-order valence-corrected chi connectivity index (χ4v) is 2.68. The third-order valence-electron chi connectivity index (χ3n) is 3.05. The molecular weight excluding hydrogens is 338 g/mol. The van der Waals surface area contributed by atoms with Crippen LogP contribution in [0.3, 0.4) is 0 Å². The Bertz CT molecular complexity index is 613. The minimum Gasteiger partial charge on any atom is -0.489 e. The molecule has 0 bridgehead atoms. The number of benzene rings is 2.